The Kier molecular flexibility index (Phi) is 7.74. The van der Waals surface area contributed by atoms with Crippen LogP contribution in [0.3, 0.4) is 0 Å². The van der Waals surface area contributed by atoms with Crippen LogP contribution in [0.5, 0.6) is 0 Å². The number of hydrogen-bond acceptors (Lipinski definition) is 4. The normalized spacial score (nSPS) is 24.3. The molecule has 1 aliphatic heterocycles. The third kappa shape index (κ3) is 6.54. The zero-order chi connectivity index (χ0) is 18.2. The van der Waals surface area contributed by atoms with Crippen LogP contribution in [-0.2, 0) is 9.59 Å². The summed E-state index contributed by atoms with van der Waals surface area (Å²) in [6, 6.07) is 0.780. The highest BCUT2D eigenvalue weighted by atomic mass is 16.2. The molecule has 2 amide bonds. The maximum absolute atomic E-state index is 12.2. The van der Waals surface area contributed by atoms with Crippen LogP contribution in [0.25, 0.3) is 0 Å². The van der Waals surface area contributed by atoms with Gasteiger partial charge in [-0.2, -0.15) is 0 Å². The van der Waals surface area contributed by atoms with Crippen LogP contribution < -0.4 is 10.6 Å². The van der Waals surface area contributed by atoms with Crippen LogP contribution in [0.4, 0.5) is 0 Å². The second-order valence-electron chi connectivity index (χ2n) is 8.36. The lowest BCUT2D eigenvalue weighted by Crippen LogP contribution is -2.53. The Morgan fingerprint density at radius 3 is 1.31 bits per heavy atom. The van der Waals surface area contributed by atoms with Crippen LogP contribution in [-0.4, -0.2) is 73.0 Å². The Bertz CT molecular complexity index is 409. The van der Waals surface area contributed by atoms with E-state index in [0.29, 0.717) is 25.2 Å². The molecule has 1 heterocycles. The van der Waals surface area contributed by atoms with E-state index < -0.39 is 0 Å². The molecule has 0 aromatic heterocycles. The fourth-order valence-electron chi connectivity index (χ4n) is 4.55. The van der Waals surface area contributed by atoms with Gasteiger partial charge in [0.15, 0.2) is 0 Å². The maximum atomic E-state index is 12.2. The molecule has 0 atom stereocenters. The van der Waals surface area contributed by atoms with Crippen molar-refractivity contribution in [2.24, 2.45) is 0 Å². The third-order valence-corrected chi connectivity index (χ3v) is 6.14. The Balaban J connectivity index is 1.29. The lowest BCUT2D eigenvalue weighted by atomic mass is 9.95. The average Bonchev–Trinajstić information content (AvgIpc) is 2.65. The number of carbonyl (C=O) groups excluding carboxylic acids is 2. The van der Waals surface area contributed by atoms with Gasteiger partial charge in [-0.3, -0.25) is 19.4 Å². The average molecular weight is 365 g/mol. The second kappa shape index (κ2) is 10.3. The van der Waals surface area contributed by atoms with Gasteiger partial charge < -0.3 is 10.6 Å². The minimum absolute atomic E-state index is 0.167. The number of hydrogen-bond donors (Lipinski definition) is 2. The predicted octanol–water partition coefficient (Wildman–Crippen LogP) is 1.50. The molecule has 6 nitrogen and oxygen atoms in total. The van der Waals surface area contributed by atoms with E-state index in [1.165, 1.54) is 38.5 Å². The molecule has 1 saturated heterocycles. The highest BCUT2D eigenvalue weighted by Crippen LogP contribution is 2.18. The fraction of sp³-hybridized carbons (Fsp3) is 0.900. The minimum atomic E-state index is 0.167. The van der Waals surface area contributed by atoms with Gasteiger partial charge in [-0.25, -0.2) is 0 Å². The molecule has 3 aliphatic rings. The largest absolute Gasteiger partial charge is 0.352 e. The van der Waals surface area contributed by atoms with Crippen LogP contribution in [0, 0.1) is 0 Å². The summed E-state index contributed by atoms with van der Waals surface area (Å²) in [6.45, 7) is 4.48. The van der Waals surface area contributed by atoms with E-state index in [-0.39, 0.29) is 11.8 Å². The third-order valence-electron chi connectivity index (χ3n) is 6.14. The first-order valence-corrected chi connectivity index (χ1v) is 10.7. The summed E-state index contributed by atoms with van der Waals surface area (Å²) in [5, 5.41) is 6.39. The maximum Gasteiger partial charge on any atom is 0.234 e. The molecule has 0 unspecified atom stereocenters. The van der Waals surface area contributed by atoms with Crippen molar-refractivity contribution in [1.82, 2.24) is 20.4 Å². The summed E-state index contributed by atoms with van der Waals surface area (Å²) in [7, 11) is 0. The van der Waals surface area contributed by atoms with Crippen LogP contribution >= 0.6 is 0 Å². The summed E-state index contributed by atoms with van der Waals surface area (Å²) in [5.74, 6) is 0.334. The lowest BCUT2D eigenvalue weighted by molar-refractivity contribution is -0.126. The monoisotopic (exact) mass is 364 g/mol. The van der Waals surface area contributed by atoms with E-state index >= 15 is 0 Å². The molecule has 148 valence electrons. The van der Waals surface area contributed by atoms with Crippen molar-refractivity contribution in [3.63, 3.8) is 0 Å². The molecule has 2 N–H and O–H groups in total. The van der Waals surface area contributed by atoms with Crippen LogP contribution in [0.2, 0.25) is 0 Å². The van der Waals surface area contributed by atoms with E-state index in [4.69, 9.17) is 0 Å². The fourth-order valence-corrected chi connectivity index (χ4v) is 4.55. The number of nitrogens with zero attached hydrogens (tertiary/aromatic N) is 2. The second-order valence-corrected chi connectivity index (χ2v) is 8.36. The van der Waals surface area contributed by atoms with Crippen molar-refractivity contribution in [3.8, 4) is 0 Å². The standard InChI is InChI=1S/C20H36N4O2/c25-19(21-17-7-3-1-4-8-17)15-23-11-13-24(14-12-23)16-20(26)22-18-9-5-2-6-10-18/h17-18H,1-16H2,(H,21,25)(H,22,26). The van der Waals surface area contributed by atoms with Crippen LogP contribution in [0.1, 0.15) is 64.2 Å². The number of rotatable bonds is 6. The molecule has 3 fully saturated rings. The molecule has 26 heavy (non-hydrogen) atoms. The number of carbonyl (C=O) groups is 2. The van der Waals surface area contributed by atoms with Gasteiger partial charge in [0.25, 0.3) is 0 Å². The van der Waals surface area contributed by atoms with Gasteiger partial charge in [0.1, 0.15) is 0 Å². The Morgan fingerprint density at radius 2 is 0.962 bits per heavy atom. The summed E-state index contributed by atoms with van der Waals surface area (Å²) in [4.78, 5) is 28.9. The minimum Gasteiger partial charge on any atom is -0.352 e. The van der Waals surface area contributed by atoms with E-state index in [0.717, 1.165) is 51.9 Å². The molecule has 0 radical (unpaired) electrons. The zero-order valence-corrected chi connectivity index (χ0v) is 16.2. The van der Waals surface area contributed by atoms with Gasteiger partial charge >= 0.3 is 0 Å². The molecule has 0 spiro atoms. The summed E-state index contributed by atoms with van der Waals surface area (Å²) in [5.41, 5.74) is 0. The Labute approximate surface area is 158 Å². The highest BCUT2D eigenvalue weighted by Gasteiger charge is 2.23. The van der Waals surface area contributed by atoms with E-state index in [2.05, 4.69) is 20.4 Å². The molecule has 3 rings (SSSR count). The molecule has 2 aliphatic carbocycles. The van der Waals surface area contributed by atoms with Crippen molar-refractivity contribution >= 4 is 11.8 Å². The van der Waals surface area contributed by atoms with Gasteiger partial charge in [-0.15, -0.1) is 0 Å². The molecule has 6 heteroatoms. The van der Waals surface area contributed by atoms with E-state index in [1.807, 2.05) is 0 Å². The molecular formula is C20H36N4O2. The topological polar surface area (TPSA) is 64.7 Å². The number of nitrogens with one attached hydrogen (secondary N) is 2. The summed E-state index contributed by atoms with van der Waals surface area (Å²) in [6.07, 6.45) is 12.1. The summed E-state index contributed by atoms with van der Waals surface area (Å²) < 4.78 is 0. The molecular weight excluding hydrogens is 328 g/mol. The van der Waals surface area contributed by atoms with Gasteiger partial charge in [0.2, 0.25) is 11.8 Å². The first-order chi connectivity index (χ1) is 12.7. The molecule has 0 bridgehead atoms. The van der Waals surface area contributed by atoms with E-state index in [9.17, 15) is 9.59 Å². The van der Waals surface area contributed by atoms with Gasteiger partial charge in [0, 0.05) is 38.3 Å². The zero-order valence-electron chi connectivity index (χ0n) is 16.2. The number of amides is 2. The molecule has 0 aromatic rings. The van der Waals surface area contributed by atoms with Crippen LogP contribution in [0.15, 0.2) is 0 Å². The quantitative estimate of drug-likeness (QED) is 0.750. The Hall–Kier alpha value is -1.14. The predicted molar refractivity (Wildman–Crippen MR) is 103 cm³/mol. The SMILES string of the molecule is O=C(CN1CCN(CC(=O)NC2CCCCC2)CC1)NC1CCCCC1. The smallest absolute Gasteiger partial charge is 0.234 e. The first-order valence-electron chi connectivity index (χ1n) is 10.7. The lowest BCUT2D eigenvalue weighted by Gasteiger charge is -2.34. The van der Waals surface area contributed by atoms with Crippen molar-refractivity contribution in [1.29, 1.82) is 0 Å². The van der Waals surface area contributed by atoms with Gasteiger partial charge in [-0.1, -0.05) is 38.5 Å². The van der Waals surface area contributed by atoms with Gasteiger partial charge in [-0.05, 0) is 25.7 Å². The van der Waals surface area contributed by atoms with E-state index in [1.54, 1.807) is 0 Å². The molecule has 0 aromatic carbocycles. The Morgan fingerprint density at radius 1 is 0.615 bits per heavy atom. The molecule has 2 saturated carbocycles. The van der Waals surface area contributed by atoms with Crippen molar-refractivity contribution < 1.29 is 9.59 Å². The highest BCUT2D eigenvalue weighted by molar-refractivity contribution is 5.79. The van der Waals surface area contributed by atoms with Crippen molar-refractivity contribution in [3.05, 3.63) is 0 Å². The van der Waals surface area contributed by atoms with Crippen molar-refractivity contribution in [2.45, 2.75) is 76.3 Å². The number of piperazine rings is 1. The summed E-state index contributed by atoms with van der Waals surface area (Å²) >= 11 is 0. The van der Waals surface area contributed by atoms with Crippen molar-refractivity contribution in [2.75, 3.05) is 39.3 Å². The van der Waals surface area contributed by atoms with Gasteiger partial charge in [0.05, 0.1) is 13.1 Å². The first kappa shape index (κ1) is 19.6.